The third kappa shape index (κ3) is 5.25. The molecule has 0 aliphatic rings. The minimum absolute atomic E-state index is 0.281. The molecule has 0 spiro atoms. The first kappa shape index (κ1) is 21.5. The highest BCUT2D eigenvalue weighted by Gasteiger charge is 2.15. The van der Waals surface area contributed by atoms with Crippen LogP contribution in [-0.2, 0) is 20.0 Å². The van der Waals surface area contributed by atoms with E-state index in [1.807, 2.05) is 18.8 Å². The molecule has 1 aromatic carbocycles. The van der Waals surface area contributed by atoms with Crippen LogP contribution in [0.4, 0.5) is 4.39 Å². The minimum atomic E-state index is -0.281. The lowest BCUT2D eigenvalue weighted by Crippen LogP contribution is -2.39. The summed E-state index contributed by atoms with van der Waals surface area (Å²) in [6.45, 7) is 5.68. The second-order valence-corrected chi connectivity index (χ2v) is 7.60. The molecule has 30 heavy (non-hydrogen) atoms. The molecule has 160 valence electrons. The van der Waals surface area contributed by atoms with Crippen LogP contribution in [-0.4, -0.2) is 46.3 Å². The fourth-order valence-electron chi connectivity index (χ4n) is 3.33. The maximum Gasteiger partial charge on any atom is 0.226 e. The van der Waals surface area contributed by atoms with Crippen molar-refractivity contribution in [1.82, 2.24) is 25.0 Å². The molecule has 0 unspecified atom stereocenters. The van der Waals surface area contributed by atoms with Gasteiger partial charge in [-0.15, -0.1) is 0 Å². The lowest BCUT2D eigenvalue weighted by Gasteiger charge is -2.22. The maximum atomic E-state index is 13.1. The summed E-state index contributed by atoms with van der Waals surface area (Å²) < 4.78 is 20.5. The average molecular weight is 413 g/mol. The fraction of sp³-hybridized carbons (Fsp3) is 0.409. The zero-order valence-electron chi connectivity index (χ0n) is 18.2. The van der Waals surface area contributed by atoms with Crippen molar-refractivity contribution >= 4 is 5.96 Å². The normalized spacial score (nSPS) is 11.9. The van der Waals surface area contributed by atoms with E-state index in [1.165, 1.54) is 17.7 Å². The van der Waals surface area contributed by atoms with E-state index in [4.69, 9.17) is 4.42 Å². The average Bonchev–Trinajstić information content (AvgIpc) is 3.32. The van der Waals surface area contributed by atoms with Crippen molar-refractivity contribution in [3.63, 3.8) is 0 Å². The lowest BCUT2D eigenvalue weighted by atomic mass is 10.1. The first-order valence-corrected chi connectivity index (χ1v) is 10.0. The Kier molecular flexibility index (Phi) is 6.87. The number of nitrogens with zero attached hydrogens (tertiary/aromatic N) is 5. The molecule has 3 aromatic rings. The summed E-state index contributed by atoms with van der Waals surface area (Å²) in [6.07, 6.45) is 4.38. The number of aliphatic imine (C=N–C) groups is 1. The molecule has 0 fully saturated rings. The molecule has 0 amide bonds. The van der Waals surface area contributed by atoms with Crippen LogP contribution < -0.4 is 5.32 Å². The molecule has 0 saturated heterocycles. The van der Waals surface area contributed by atoms with Gasteiger partial charge in [0.1, 0.15) is 12.1 Å². The number of aryl methyl sites for hydroxylation is 1. The summed E-state index contributed by atoms with van der Waals surface area (Å²) in [6, 6.07) is 6.11. The van der Waals surface area contributed by atoms with Crippen LogP contribution >= 0.6 is 0 Å². The zero-order chi connectivity index (χ0) is 21.7. The molecule has 0 aliphatic carbocycles. The van der Waals surface area contributed by atoms with E-state index in [0.717, 1.165) is 29.5 Å². The molecule has 0 radical (unpaired) electrons. The number of aromatic nitrogens is 3. The summed E-state index contributed by atoms with van der Waals surface area (Å²) in [5, 5.41) is 7.94. The molecule has 7 nitrogen and oxygen atoms in total. The summed E-state index contributed by atoms with van der Waals surface area (Å²) in [4.78, 5) is 10.9. The van der Waals surface area contributed by atoms with Crippen molar-refractivity contribution in [2.45, 2.75) is 32.7 Å². The quantitative estimate of drug-likeness (QED) is 0.474. The van der Waals surface area contributed by atoms with Crippen LogP contribution in [0.15, 0.2) is 46.1 Å². The van der Waals surface area contributed by atoms with Crippen molar-refractivity contribution in [3.05, 3.63) is 59.5 Å². The number of nitrogens with one attached hydrogen (secondary N) is 1. The van der Waals surface area contributed by atoms with E-state index in [-0.39, 0.29) is 5.82 Å². The molecular formula is C22H29FN6O. The lowest BCUT2D eigenvalue weighted by molar-refractivity contribution is 0.473. The van der Waals surface area contributed by atoms with E-state index < -0.39 is 0 Å². The number of benzene rings is 1. The third-order valence-electron chi connectivity index (χ3n) is 4.77. The van der Waals surface area contributed by atoms with Gasteiger partial charge in [-0.1, -0.05) is 13.8 Å². The summed E-state index contributed by atoms with van der Waals surface area (Å²) >= 11 is 0. The molecule has 0 atom stereocenters. The molecule has 0 bridgehead atoms. The first-order valence-electron chi connectivity index (χ1n) is 10.0. The molecule has 3 rings (SSSR count). The molecular weight excluding hydrogens is 383 g/mol. The number of oxazole rings is 1. The van der Waals surface area contributed by atoms with Gasteiger partial charge >= 0.3 is 0 Å². The van der Waals surface area contributed by atoms with Crippen molar-refractivity contribution in [2.75, 3.05) is 20.6 Å². The highest BCUT2D eigenvalue weighted by atomic mass is 19.1. The standard InChI is InChI=1S/C22H29FN6O/c1-15(2)20-17(13-29(5)27-20)12-28(4)22(24-3)25-11-10-19-14-30-21(26-19)16-6-8-18(23)9-7-16/h6-9,13-15H,10-12H2,1-5H3,(H,24,25). The Morgan fingerprint density at radius 1 is 1.30 bits per heavy atom. The predicted molar refractivity (Wildman–Crippen MR) is 116 cm³/mol. The molecule has 0 saturated carbocycles. The molecule has 2 aromatic heterocycles. The Morgan fingerprint density at radius 3 is 2.70 bits per heavy atom. The van der Waals surface area contributed by atoms with Crippen molar-refractivity contribution in [1.29, 1.82) is 0 Å². The monoisotopic (exact) mass is 412 g/mol. The Labute approximate surface area is 176 Å². The predicted octanol–water partition coefficient (Wildman–Crippen LogP) is 3.59. The number of guanidine groups is 1. The number of rotatable bonds is 7. The number of halogens is 1. The Bertz CT molecular complexity index is 989. The van der Waals surface area contributed by atoms with E-state index in [0.29, 0.717) is 24.8 Å². The van der Waals surface area contributed by atoms with Crippen molar-refractivity contribution in [2.24, 2.45) is 12.0 Å². The largest absolute Gasteiger partial charge is 0.444 e. The van der Waals surface area contributed by atoms with Crippen molar-refractivity contribution < 1.29 is 8.81 Å². The van der Waals surface area contributed by atoms with Gasteiger partial charge in [0, 0.05) is 58.0 Å². The van der Waals surface area contributed by atoms with Crippen molar-refractivity contribution in [3.8, 4) is 11.5 Å². The van der Waals surface area contributed by atoms with Gasteiger partial charge in [-0.05, 0) is 30.2 Å². The molecule has 1 N–H and O–H groups in total. The third-order valence-corrected chi connectivity index (χ3v) is 4.77. The fourth-order valence-corrected chi connectivity index (χ4v) is 3.33. The van der Waals surface area contributed by atoms with Gasteiger partial charge in [0.15, 0.2) is 5.96 Å². The molecule has 8 heteroatoms. The highest BCUT2D eigenvalue weighted by Crippen LogP contribution is 2.20. The summed E-state index contributed by atoms with van der Waals surface area (Å²) in [5.41, 5.74) is 3.88. The van der Waals surface area contributed by atoms with Gasteiger partial charge < -0.3 is 14.6 Å². The van der Waals surface area contributed by atoms with Gasteiger partial charge in [0.05, 0.1) is 11.4 Å². The smallest absolute Gasteiger partial charge is 0.226 e. The summed E-state index contributed by atoms with van der Waals surface area (Å²) in [5.74, 6) is 1.38. The minimum Gasteiger partial charge on any atom is -0.444 e. The second kappa shape index (κ2) is 9.56. The van der Waals surface area contributed by atoms with Gasteiger partial charge in [-0.25, -0.2) is 9.37 Å². The van der Waals surface area contributed by atoms with Gasteiger partial charge in [0.25, 0.3) is 0 Å². The van der Waals surface area contributed by atoms with E-state index >= 15 is 0 Å². The van der Waals surface area contributed by atoms with Crippen LogP contribution in [0.25, 0.3) is 11.5 Å². The Balaban J connectivity index is 1.55. The van der Waals surface area contributed by atoms with Gasteiger partial charge in [-0.3, -0.25) is 9.67 Å². The SMILES string of the molecule is CN=C(NCCc1coc(-c2ccc(F)cc2)n1)N(C)Cc1cn(C)nc1C(C)C. The Morgan fingerprint density at radius 2 is 2.03 bits per heavy atom. The molecule has 0 aliphatic heterocycles. The molecule has 2 heterocycles. The van der Waals surface area contributed by atoms with E-state index in [2.05, 4.69) is 45.3 Å². The Hall–Kier alpha value is -3.16. The van der Waals surface area contributed by atoms with Crippen LogP contribution in [0.3, 0.4) is 0 Å². The maximum absolute atomic E-state index is 13.1. The van der Waals surface area contributed by atoms with Crippen LogP contribution in [0.1, 0.15) is 36.7 Å². The van der Waals surface area contributed by atoms with Gasteiger partial charge in [0.2, 0.25) is 5.89 Å². The van der Waals surface area contributed by atoms with E-state index in [9.17, 15) is 4.39 Å². The number of hydrogen-bond donors (Lipinski definition) is 1. The number of hydrogen-bond acceptors (Lipinski definition) is 4. The first-order chi connectivity index (χ1) is 14.4. The van der Waals surface area contributed by atoms with Gasteiger partial charge in [-0.2, -0.15) is 5.10 Å². The van der Waals surface area contributed by atoms with Crippen LogP contribution in [0, 0.1) is 5.82 Å². The second-order valence-electron chi connectivity index (χ2n) is 7.60. The van der Waals surface area contributed by atoms with Crippen LogP contribution in [0.5, 0.6) is 0 Å². The summed E-state index contributed by atoms with van der Waals surface area (Å²) in [7, 11) is 5.73. The topological polar surface area (TPSA) is 71.5 Å². The highest BCUT2D eigenvalue weighted by molar-refractivity contribution is 5.79. The van der Waals surface area contributed by atoms with Crippen LogP contribution in [0.2, 0.25) is 0 Å². The zero-order valence-corrected chi connectivity index (χ0v) is 18.2. The van der Waals surface area contributed by atoms with E-state index in [1.54, 1.807) is 25.4 Å².